The second-order valence-corrected chi connectivity index (χ2v) is 7.52. The summed E-state index contributed by atoms with van der Waals surface area (Å²) in [6, 6.07) is 13.8. The van der Waals surface area contributed by atoms with Crippen LogP contribution in [0.3, 0.4) is 0 Å². The third-order valence-corrected chi connectivity index (χ3v) is 5.23. The molecule has 0 fully saturated rings. The molecule has 4 nitrogen and oxygen atoms in total. The molecule has 0 heterocycles. The monoisotopic (exact) mass is 406 g/mol. The highest BCUT2D eigenvalue weighted by Crippen LogP contribution is 2.29. The zero-order chi connectivity index (χ0) is 21.4. The van der Waals surface area contributed by atoms with Gasteiger partial charge in [0.2, 0.25) is 0 Å². The predicted molar refractivity (Wildman–Crippen MR) is 111 cm³/mol. The second kappa shape index (κ2) is 7.71. The van der Waals surface area contributed by atoms with E-state index in [1.165, 1.54) is 17.0 Å². The summed E-state index contributed by atoms with van der Waals surface area (Å²) in [5, 5.41) is 2.94. The van der Waals surface area contributed by atoms with Crippen molar-refractivity contribution in [3.05, 3.63) is 94.0 Å². The molecular formula is C24H20F2N2O2. The van der Waals surface area contributed by atoms with E-state index in [4.69, 9.17) is 0 Å². The summed E-state index contributed by atoms with van der Waals surface area (Å²) < 4.78 is 27.1. The molecule has 0 spiro atoms. The Labute approximate surface area is 173 Å². The topological polar surface area (TPSA) is 49.4 Å². The second-order valence-electron chi connectivity index (χ2n) is 7.52. The predicted octanol–water partition coefficient (Wildman–Crippen LogP) is 4.74. The first-order chi connectivity index (χ1) is 14.3. The van der Waals surface area contributed by atoms with Crippen LogP contribution in [-0.4, -0.2) is 30.7 Å². The molecule has 1 aliphatic carbocycles. The maximum Gasteiger partial charge on any atom is 0.253 e. The van der Waals surface area contributed by atoms with Gasteiger partial charge in [0.25, 0.3) is 5.91 Å². The van der Waals surface area contributed by atoms with Gasteiger partial charge in [0, 0.05) is 42.5 Å². The van der Waals surface area contributed by atoms with E-state index >= 15 is 0 Å². The molecule has 0 bridgehead atoms. The number of amides is 1. The smallest absolute Gasteiger partial charge is 0.253 e. The fraction of sp³-hybridized carbons (Fsp3) is 0.167. The van der Waals surface area contributed by atoms with Crippen molar-refractivity contribution in [1.29, 1.82) is 0 Å². The maximum atomic E-state index is 14.0. The number of hydrogen-bond donors (Lipinski definition) is 1. The summed E-state index contributed by atoms with van der Waals surface area (Å²) in [4.78, 5) is 26.9. The molecule has 1 N–H and O–H groups in total. The van der Waals surface area contributed by atoms with Crippen LogP contribution >= 0.6 is 0 Å². The number of nitrogens with zero attached hydrogens (tertiary/aromatic N) is 1. The van der Waals surface area contributed by atoms with Crippen LogP contribution < -0.4 is 5.32 Å². The van der Waals surface area contributed by atoms with Gasteiger partial charge in [0.15, 0.2) is 5.78 Å². The number of anilines is 2. The lowest BCUT2D eigenvalue weighted by atomic mass is 9.96. The fourth-order valence-electron chi connectivity index (χ4n) is 3.66. The van der Waals surface area contributed by atoms with E-state index in [1.807, 2.05) is 12.1 Å². The summed E-state index contributed by atoms with van der Waals surface area (Å²) in [6.45, 7) is 0. The largest absolute Gasteiger partial charge is 0.353 e. The van der Waals surface area contributed by atoms with Crippen molar-refractivity contribution < 1.29 is 18.4 Å². The Morgan fingerprint density at radius 1 is 0.900 bits per heavy atom. The number of carbonyl (C=O) groups is 2. The van der Waals surface area contributed by atoms with Crippen molar-refractivity contribution in [1.82, 2.24) is 4.90 Å². The molecule has 0 radical (unpaired) electrons. The lowest BCUT2D eigenvalue weighted by Gasteiger charge is -2.13. The zero-order valence-electron chi connectivity index (χ0n) is 16.6. The number of hydrogen-bond acceptors (Lipinski definition) is 3. The minimum atomic E-state index is -0.688. The number of benzene rings is 3. The molecule has 152 valence electrons. The molecule has 3 aromatic rings. The molecule has 0 aromatic heterocycles. The van der Waals surface area contributed by atoms with Gasteiger partial charge in [-0.3, -0.25) is 9.59 Å². The summed E-state index contributed by atoms with van der Waals surface area (Å²) in [6.07, 6.45) is 1.29. The van der Waals surface area contributed by atoms with Crippen molar-refractivity contribution in [2.75, 3.05) is 19.4 Å². The average molecular weight is 406 g/mol. The minimum Gasteiger partial charge on any atom is -0.353 e. The Bertz CT molecular complexity index is 1170. The minimum absolute atomic E-state index is 0.134. The van der Waals surface area contributed by atoms with Crippen LogP contribution in [0.1, 0.15) is 37.4 Å². The molecule has 0 saturated carbocycles. The Morgan fingerprint density at radius 3 is 2.40 bits per heavy atom. The zero-order valence-corrected chi connectivity index (χ0v) is 16.6. The normalized spacial score (nSPS) is 12.6. The van der Waals surface area contributed by atoms with Crippen LogP contribution in [0.15, 0.2) is 54.6 Å². The highest BCUT2D eigenvalue weighted by Gasteiger charge is 2.23. The van der Waals surface area contributed by atoms with Gasteiger partial charge in [-0.2, -0.15) is 0 Å². The highest BCUT2D eigenvalue weighted by molar-refractivity contribution is 6.12. The van der Waals surface area contributed by atoms with Crippen molar-refractivity contribution in [3.8, 4) is 0 Å². The van der Waals surface area contributed by atoms with Crippen LogP contribution in [0.2, 0.25) is 0 Å². The van der Waals surface area contributed by atoms with E-state index < -0.39 is 11.6 Å². The average Bonchev–Trinajstić information content (AvgIpc) is 2.86. The van der Waals surface area contributed by atoms with Crippen LogP contribution in [0.25, 0.3) is 0 Å². The standard InChI is InChI=1S/C24H20F2N2O2/c1-28(2)24(30)16-6-4-14-3-5-15-11-18(8-9-19(15)23(29)20(14)12-16)27-22-10-7-17(25)13-21(22)26/h4,6-13,27H,3,5H2,1-2H3. The first-order valence-electron chi connectivity index (χ1n) is 9.58. The molecule has 3 aromatic carbocycles. The third-order valence-electron chi connectivity index (χ3n) is 5.23. The van der Waals surface area contributed by atoms with Gasteiger partial charge in [0.05, 0.1) is 5.69 Å². The van der Waals surface area contributed by atoms with E-state index in [-0.39, 0.29) is 17.4 Å². The van der Waals surface area contributed by atoms with Gasteiger partial charge in [-0.15, -0.1) is 0 Å². The molecule has 0 unspecified atom stereocenters. The Morgan fingerprint density at radius 2 is 1.67 bits per heavy atom. The number of fused-ring (bicyclic) bond motifs is 2. The van der Waals surface area contributed by atoms with Gasteiger partial charge >= 0.3 is 0 Å². The van der Waals surface area contributed by atoms with Crippen molar-refractivity contribution in [2.45, 2.75) is 12.8 Å². The first kappa shape index (κ1) is 19.8. The number of ketones is 1. The van der Waals surface area contributed by atoms with Crippen molar-refractivity contribution in [3.63, 3.8) is 0 Å². The molecule has 1 aliphatic rings. The lowest BCUT2D eigenvalue weighted by molar-refractivity contribution is 0.0827. The number of halogens is 2. The lowest BCUT2D eigenvalue weighted by Crippen LogP contribution is -2.22. The molecular weight excluding hydrogens is 386 g/mol. The number of rotatable bonds is 3. The first-order valence-corrected chi connectivity index (χ1v) is 9.58. The number of carbonyl (C=O) groups excluding carboxylic acids is 2. The van der Waals surface area contributed by atoms with Gasteiger partial charge in [0.1, 0.15) is 11.6 Å². The SMILES string of the molecule is CN(C)C(=O)c1ccc2c(c1)C(=O)c1ccc(Nc3ccc(F)cc3F)cc1CC2. The summed E-state index contributed by atoms with van der Waals surface area (Å²) >= 11 is 0. The molecule has 6 heteroatoms. The van der Waals surface area contributed by atoms with Crippen molar-refractivity contribution in [2.24, 2.45) is 0 Å². The third kappa shape index (κ3) is 3.68. The Balaban J connectivity index is 1.67. The van der Waals surface area contributed by atoms with Crippen LogP contribution in [0.5, 0.6) is 0 Å². The van der Waals surface area contributed by atoms with Crippen LogP contribution in [-0.2, 0) is 12.8 Å². The molecule has 4 rings (SSSR count). The maximum absolute atomic E-state index is 14.0. The number of nitrogens with one attached hydrogen (secondary N) is 1. The van der Waals surface area contributed by atoms with Gasteiger partial charge in [-0.25, -0.2) is 8.78 Å². The van der Waals surface area contributed by atoms with E-state index in [2.05, 4.69) is 5.32 Å². The van der Waals surface area contributed by atoms with Gasteiger partial charge in [-0.05, 0) is 66.4 Å². The van der Waals surface area contributed by atoms with Crippen molar-refractivity contribution >= 4 is 23.1 Å². The Kier molecular flexibility index (Phi) is 5.08. The summed E-state index contributed by atoms with van der Waals surface area (Å²) in [5.41, 5.74) is 4.07. The summed E-state index contributed by atoms with van der Waals surface area (Å²) in [5.74, 6) is -1.62. The summed E-state index contributed by atoms with van der Waals surface area (Å²) in [7, 11) is 3.34. The van der Waals surface area contributed by atoms with E-state index in [0.717, 1.165) is 17.2 Å². The van der Waals surface area contributed by atoms with Gasteiger partial charge in [-0.1, -0.05) is 6.07 Å². The van der Waals surface area contributed by atoms with E-state index in [1.54, 1.807) is 38.4 Å². The molecule has 0 saturated heterocycles. The quantitative estimate of drug-likeness (QED) is 0.684. The van der Waals surface area contributed by atoms with E-state index in [9.17, 15) is 18.4 Å². The number of aryl methyl sites for hydroxylation is 2. The fourth-order valence-corrected chi connectivity index (χ4v) is 3.66. The highest BCUT2D eigenvalue weighted by atomic mass is 19.1. The molecule has 0 aliphatic heterocycles. The molecule has 0 atom stereocenters. The Hall–Kier alpha value is -3.54. The van der Waals surface area contributed by atoms with Crippen LogP contribution in [0, 0.1) is 11.6 Å². The molecule has 30 heavy (non-hydrogen) atoms. The van der Waals surface area contributed by atoms with E-state index in [0.29, 0.717) is 35.2 Å². The van der Waals surface area contributed by atoms with Gasteiger partial charge < -0.3 is 10.2 Å². The molecule has 1 amide bonds. The van der Waals surface area contributed by atoms with Crippen LogP contribution in [0.4, 0.5) is 20.2 Å².